The molecule has 0 unspecified atom stereocenters. The van der Waals surface area contributed by atoms with Crippen LogP contribution in [0.3, 0.4) is 0 Å². The molecule has 0 saturated carbocycles. The Hall–Kier alpha value is -3.09. The number of H-pyrrole nitrogens is 2. The number of methoxy groups -OCH3 is 1. The highest BCUT2D eigenvalue weighted by Crippen LogP contribution is 2.32. The minimum Gasteiger partial charge on any atom is -0.497 e. The van der Waals surface area contributed by atoms with Crippen molar-refractivity contribution >= 4 is 28.2 Å². The Labute approximate surface area is 161 Å². The molecule has 0 radical (unpaired) electrons. The van der Waals surface area contributed by atoms with Crippen molar-refractivity contribution in [2.75, 3.05) is 7.11 Å². The van der Waals surface area contributed by atoms with Gasteiger partial charge in [0.1, 0.15) is 11.3 Å². The van der Waals surface area contributed by atoms with Gasteiger partial charge in [-0.25, -0.2) is 4.79 Å². The zero-order valence-electron chi connectivity index (χ0n) is 16.4. The Kier molecular flexibility index (Phi) is 4.45. The summed E-state index contributed by atoms with van der Waals surface area (Å²) in [5.74, 6) is 1.55. The molecule has 0 aliphatic heterocycles. The van der Waals surface area contributed by atoms with E-state index in [9.17, 15) is 9.59 Å². The van der Waals surface area contributed by atoms with Gasteiger partial charge in [-0.1, -0.05) is 25.5 Å². The van der Waals surface area contributed by atoms with Crippen molar-refractivity contribution in [1.29, 1.82) is 0 Å². The second kappa shape index (κ2) is 6.82. The highest BCUT2D eigenvalue weighted by molar-refractivity contribution is 6.04. The van der Waals surface area contributed by atoms with Crippen molar-refractivity contribution in [3.63, 3.8) is 0 Å². The number of fused-ring (bicyclic) bond motifs is 3. The maximum absolute atomic E-state index is 12.9. The molecule has 2 heterocycles. The highest BCUT2D eigenvalue weighted by atomic mass is 16.5. The van der Waals surface area contributed by atoms with Gasteiger partial charge >= 0.3 is 11.2 Å². The quantitative estimate of drug-likeness (QED) is 0.540. The van der Waals surface area contributed by atoms with Crippen LogP contribution in [0.4, 0.5) is 0 Å². The van der Waals surface area contributed by atoms with Crippen molar-refractivity contribution in [2.45, 2.75) is 27.2 Å². The summed E-state index contributed by atoms with van der Waals surface area (Å²) in [6, 6.07) is 5.41. The van der Waals surface area contributed by atoms with Gasteiger partial charge in [-0.3, -0.25) is 4.79 Å². The number of rotatable bonds is 3. The summed E-state index contributed by atoms with van der Waals surface area (Å²) < 4.78 is 6.14. The lowest BCUT2D eigenvalue weighted by Crippen LogP contribution is -2.33. The molecular weight excluding hydrogens is 356 g/mol. The first-order valence-corrected chi connectivity index (χ1v) is 9.45. The van der Waals surface area contributed by atoms with Crippen molar-refractivity contribution < 1.29 is 4.74 Å². The van der Waals surface area contributed by atoms with E-state index in [1.807, 2.05) is 6.07 Å². The van der Waals surface area contributed by atoms with Crippen LogP contribution in [0.15, 0.2) is 44.5 Å². The zero-order chi connectivity index (χ0) is 20.0. The van der Waals surface area contributed by atoms with Crippen molar-refractivity contribution in [3.8, 4) is 5.75 Å². The van der Waals surface area contributed by atoms with Crippen LogP contribution >= 0.6 is 0 Å². The number of aromatic amines is 2. The van der Waals surface area contributed by atoms with Gasteiger partial charge in [-0.15, -0.1) is 4.68 Å². The number of allylic oxidation sites excluding steroid dienone is 2. The number of nitrogens with zero attached hydrogens (tertiary/aromatic N) is 2. The smallest absolute Gasteiger partial charge is 0.350 e. The second-order valence-corrected chi connectivity index (χ2v) is 7.73. The summed E-state index contributed by atoms with van der Waals surface area (Å²) in [7, 11) is 1.57. The van der Waals surface area contributed by atoms with Gasteiger partial charge < -0.3 is 14.7 Å². The minimum atomic E-state index is -0.555. The summed E-state index contributed by atoms with van der Waals surface area (Å²) in [6.07, 6.45) is 4.97. The first-order chi connectivity index (χ1) is 13.4. The van der Waals surface area contributed by atoms with Gasteiger partial charge in [-0.05, 0) is 43.4 Å². The molecule has 1 aliphatic carbocycles. The molecule has 146 valence electrons. The molecular formula is C21H24N4O3. The highest BCUT2D eigenvalue weighted by Gasteiger charge is 2.25. The summed E-state index contributed by atoms with van der Waals surface area (Å²) >= 11 is 0. The van der Waals surface area contributed by atoms with Crippen LogP contribution in [0.2, 0.25) is 0 Å². The molecule has 7 nitrogen and oxygen atoms in total. The van der Waals surface area contributed by atoms with Crippen molar-refractivity contribution in [2.24, 2.45) is 22.9 Å². The molecule has 1 aliphatic rings. The van der Waals surface area contributed by atoms with Gasteiger partial charge in [0, 0.05) is 23.0 Å². The van der Waals surface area contributed by atoms with Crippen LogP contribution < -0.4 is 16.0 Å². The van der Waals surface area contributed by atoms with E-state index in [2.05, 4.69) is 41.9 Å². The van der Waals surface area contributed by atoms with Crippen molar-refractivity contribution in [1.82, 2.24) is 14.6 Å². The fourth-order valence-corrected chi connectivity index (χ4v) is 4.27. The maximum Gasteiger partial charge on any atom is 0.350 e. The van der Waals surface area contributed by atoms with Gasteiger partial charge in [0.2, 0.25) is 0 Å². The van der Waals surface area contributed by atoms with E-state index in [-0.39, 0.29) is 5.92 Å². The fraction of sp³-hybridized carbons (Fsp3) is 0.381. The first kappa shape index (κ1) is 18.3. The molecule has 28 heavy (non-hydrogen) atoms. The lowest BCUT2D eigenvalue weighted by atomic mass is 9.76. The lowest BCUT2D eigenvalue weighted by Gasteiger charge is -2.29. The third-order valence-electron chi connectivity index (χ3n) is 5.65. The monoisotopic (exact) mass is 380 g/mol. The van der Waals surface area contributed by atoms with E-state index in [4.69, 9.17) is 4.74 Å². The maximum atomic E-state index is 12.9. The summed E-state index contributed by atoms with van der Waals surface area (Å²) in [5.41, 5.74) is 1.89. The predicted octanol–water partition coefficient (Wildman–Crippen LogP) is 3.25. The topological polar surface area (TPSA) is 92.2 Å². The standard InChI is InChI=1S/C21H24N4O3/c1-11-7-12(2)16(13(3)8-11)10-22-25-20(26)19-18(24-21(25)27)15-9-14(28-4)5-6-17(15)23-19/h5-7,9-10,12-13,16,23H,8H2,1-4H3,(H,24,27)/t12-,13+,16-/m0/s1. The molecule has 0 amide bonds. The predicted molar refractivity (Wildman–Crippen MR) is 111 cm³/mol. The second-order valence-electron chi connectivity index (χ2n) is 7.73. The van der Waals surface area contributed by atoms with Gasteiger partial charge in [-0.2, -0.15) is 5.10 Å². The molecule has 3 aromatic rings. The molecule has 1 aromatic carbocycles. The molecule has 0 bridgehead atoms. The van der Waals surface area contributed by atoms with Gasteiger partial charge in [0.05, 0.1) is 12.6 Å². The van der Waals surface area contributed by atoms with E-state index in [0.29, 0.717) is 28.6 Å². The Balaban J connectivity index is 1.81. The Morgan fingerprint density at radius 2 is 2.00 bits per heavy atom. The number of hydrogen-bond acceptors (Lipinski definition) is 4. The Morgan fingerprint density at radius 3 is 2.71 bits per heavy atom. The lowest BCUT2D eigenvalue weighted by molar-refractivity contribution is 0.361. The molecule has 3 atom stereocenters. The van der Waals surface area contributed by atoms with E-state index >= 15 is 0 Å². The zero-order valence-corrected chi connectivity index (χ0v) is 16.4. The van der Waals surface area contributed by atoms with E-state index in [1.54, 1.807) is 25.5 Å². The van der Waals surface area contributed by atoms with E-state index in [1.165, 1.54) is 5.57 Å². The average Bonchev–Trinajstić information content (AvgIpc) is 3.01. The summed E-state index contributed by atoms with van der Waals surface area (Å²) in [6.45, 7) is 6.44. The number of benzene rings is 1. The Bertz CT molecular complexity index is 1230. The molecule has 2 aromatic heterocycles. The van der Waals surface area contributed by atoms with E-state index in [0.717, 1.165) is 22.0 Å². The van der Waals surface area contributed by atoms with Crippen LogP contribution in [0.25, 0.3) is 21.9 Å². The van der Waals surface area contributed by atoms with E-state index < -0.39 is 11.2 Å². The SMILES string of the molecule is COc1ccc2[nH]c3c(=O)n(N=C[C@@H]4[C@H](C)CC(C)=C[C@@H]4C)c(=O)[nH]c3c2c1. The normalized spacial score (nSPS) is 22.9. The number of ether oxygens (including phenoxy) is 1. The van der Waals surface area contributed by atoms with Crippen LogP contribution in [-0.2, 0) is 0 Å². The first-order valence-electron chi connectivity index (χ1n) is 9.45. The third-order valence-corrected chi connectivity index (χ3v) is 5.65. The minimum absolute atomic E-state index is 0.178. The average molecular weight is 380 g/mol. The van der Waals surface area contributed by atoms with Crippen molar-refractivity contribution in [3.05, 3.63) is 50.7 Å². The number of nitrogens with one attached hydrogen (secondary N) is 2. The Morgan fingerprint density at radius 1 is 1.21 bits per heavy atom. The van der Waals surface area contributed by atoms with Gasteiger partial charge in [0.25, 0.3) is 0 Å². The summed E-state index contributed by atoms with van der Waals surface area (Å²) in [5, 5.41) is 5.00. The third kappa shape index (κ3) is 2.96. The largest absolute Gasteiger partial charge is 0.497 e. The molecule has 7 heteroatoms. The molecule has 0 spiro atoms. The van der Waals surface area contributed by atoms with Crippen LogP contribution in [-0.4, -0.2) is 28.0 Å². The summed E-state index contributed by atoms with van der Waals surface area (Å²) in [4.78, 5) is 31.4. The van der Waals surface area contributed by atoms with Crippen LogP contribution in [0, 0.1) is 17.8 Å². The molecule has 4 rings (SSSR count). The molecule has 0 saturated heterocycles. The molecule has 0 fully saturated rings. The van der Waals surface area contributed by atoms with Gasteiger partial charge in [0.15, 0.2) is 0 Å². The van der Waals surface area contributed by atoms with Crippen LogP contribution in [0.5, 0.6) is 5.75 Å². The molecule has 2 N–H and O–H groups in total. The number of hydrogen-bond donors (Lipinski definition) is 2. The number of aromatic nitrogens is 3. The fourth-order valence-electron chi connectivity index (χ4n) is 4.27. The van der Waals surface area contributed by atoms with Crippen LogP contribution in [0.1, 0.15) is 27.2 Å².